The van der Waals surface area contributed by atoms with E-state index in [9.17, 15) is 18.0 Å². The Hall–Kier alpha value is -1.63. The summed E-state index contributed by atoms with van der Waals surface area (Å²) in [5.74, 6) is 0.221. The average molecular weight is 366 g/mol. The molecule has 1 amide bonds. The number of fused-ring (bicyclic) bond motifs is 1. The second-order valence-corrected chi connectivity index (χ2v) is 5.97. The van der Waals surface area contributed by atoms with Crippen molar-refractivity contribution in [3.05, 3.63) is 22.7 Å². The molecule has 0 bridgehead atoms. The number of ether oxygens (including phenoxy) is 2. The Morgan fingerprint density at radius 3 is 2.67 bits per heavy atom. The smallest absolute Gasteiger partial charge is 0.406 e. The molecule has 0 N–H and O–H groups in total. The number of nitrogens with zero attached hydrogens (tertiary/aromatic N) is 1. The van der Waals surface area contributed by atoms with E-state index in [-0.39, 0.29) is 18.0 Å². The first-order chi connectivity index (χ1) is 11.3. The Kier molecular flexibility index (Phi) is 6.21. The van der Waals surface area contributed by atoms with Gasteiger partial charge in [0.15, 0.2) is 11.5 Å². The quantitative estimate of drug-likeness (QED) is 0.768. The van der Waals surface area contributed by atoms with Gasteiger partial charge in [0.2, 0.25) is 5.91 Å². The van der Waals surface area contributed by atoms with Crippen LogP contribution in [0.4, 0.5) is 13.2 Å². The zero-order chi connectivity index (χ0) is 17.7. The van der Waals surface area contributed by atoms with E-state index in [1.54, 1.807) is 6.07 Å². The molecule has 0 spiro atoms. The van der Waals surface area contributed by atoms with E-state index in [4.69, 9.17) is 21.1 Å². The van der Waals surface area contributed by atoms with Gasteiger partial charge in [-0.3, -0.25) is 4.79 Å². The van der Waals surface area contributed by atoms with E-state index < -0.39 is 18.6 Å². The maximum atomic E-state index is 12.7. The molecule has 24 heavy (non-hydrogen) atoms. The lowest BCUT2D eigenvalue weighted by Crippen LogP contribution is -2.40. The van der Waals surface area contributed by atoms with E-state index in [1.807, 2.05) is 6.92 Å². The lowest BCUT2D eigenvalue weighted by Gasteiger charge is -2.24. The van der Waals surface area contributed by atoms with Crippen LogP contribution in [0.1, 0.15) is 25.3 Å². The first-order valence-corrected chi connectivity index (χ1v) is 8.10. The van der Waals surface area contributed by atoms with Crippen molar-refractivity contribution < 1.29 is 27.4 Å². The van der Waals surface area contributed by atoms with Crippen molar-refractivity contribution in [3.63, 3.8) is 0 Å². The summed E-state index contributed by atoms with van der Waals surface area (Å²) in [5.41, 5.74) is 0.498. The number of halogens is 4. The van der Waals surface area contributed by atoms with Crippen molar-refractivity contribution in [1.29, 1.82) is 0 Å². The molecule has 0 aromatic heterocycles. The fraction of sp³-hybridized carbons (Fsp3) is 0.562. The van der Waals surface area contributed by atoms with Gasteiger partial charge in [-0.15, -0.1) is 0 Å². The standard InChI is InChI=1S/C16H19ClF3NO3/c1-2-3-4-21(10-16(18,19)20)14(22)9-11-7-12(17)15-13(8-11)23-5-6-24-15/h7-8H,2-6,9-10H2,1H3. The molecule has 1 aromatic carbocycles. The van der Waals surface area contributed by atoms with E-state index in [0.29, 0.717) is 43.1 Å². The molecular weight excluding hydrogens is 347 g/mol. The molecule has 1 heterocycles. The van der Waals surface area contributed by atoms with Crippen LogP contribution < -0.4 is 9.47 Å². The van der Waals surface area contributed by atoms with Gasteiger partial charge < -0.3 is 14.4 Å². The highest BCUT2D eigenvalue weighted by molar-refractivity contribution is 6.32. The number of carbonyl (C=O) groups is 1. The van der Waals surface area contributed by atoms with Crippen molar-refractivity contribution in [2.24, 2.45) is 0 Å². The molecule has 0 radical (unpaired) electrons. The lowest BCUT2D eigenvalue weighted by atomic mass is 10.1. The number of hydrogen-bond donors (Lipinski definition) is 0. The van der Waals surface area contributed by atoms with Gasteiger partial charge in [-0.25, -0.2) is 0 Å². The molecule has 0 unspecified atom stereocenters. The van der Waals surface area contributed by atoms with Crippen LogP contribution in [0.3, 0.4) is 0 Å². The molecule has 0 aliphatic carbocycles. The van der Waals surface area contributed by atoms with Gasteiger partial charge in [0.05, 0.1) is 11.4 Å². The van der Waals surface area contributed by atoms with Crippen molar-refractivity contribution >= 4 is 17.5 Å². The highest BCUT2D eigenvalue weighted by Gasteiger charge is 2.32. The monoisotopic (exact) mass is 365 g/mol. The summed E-state index contributed by atoms with van der Waals surface area (Å²) in [6.45, 7) is 1.42. The SMILES string of the molecule is CCCCN(CC(F)(F)F)C(=O)Cc1cc(Cl)c2c(c1)OCCO2. The summed E-state index contributed by atoms with van der Waals surface area (Å²) < 4.78 is 48.8. The zero-order valence-electron chi connectivity index (χ0n) is 13.3. The van der Waals surface area contributed by atoms with E-state index in [0.717, 1.165) is 4.90 Å². The van der Waals surface area contributed by atoms with Crippen LogP contribution in [0.25, 0.3) is 0 Å². The number of carbonyl (C=O) groups excluding carboxylic acids is 1. The Morgan fingerprint density at radius 2 is 2.00 bits per heavy atom. The number of unbranched alkanes of at least 4 members (excludes halogenated alkanes) is 1. The fourth-order valence-corrected chi connectivity index (χ4v) is 2.70. The Balaban J connectivity index is 2.12. The van der Waals surface area contributed by atoms with E-state index in [2.05, 4.69) is 0 Å². The van der Waals surface area contributed by atoms with Crippen molar-refractivity contribution in [3.8, 4) is 11.5 Å². The van der Waals surface area contributed by atoms with Crippen LogP contribution in [-0.2, 0) is 11.2 Å². The molecule has 1 aromatic rings. The minimum Gasteiger partial charge on any atom is -0.486 e. The van der Waals surface area contributed by atoms with E-state index in [1.165, 1.54) is 6.07 Å². The van der Waals surface area contributed by atoms with Gasteiger partial charge in [0.25, 0.3) is 0 Å². The zero-order valence-corrected chi connectivity index (χ0v) is 14.0. The minimum absolute atomic E-state index is 0.0765. The van der Waals surface area contributed by atoms with Crippen molar-refractivity contribution in [2.45, 2.75) is 32.4 Å². The summed E-state index contributed by atoms with van der Waals surface area (Å²) in [6.07, 6.45) is -3.37. The Bertz CT molecular complexity index is 593. The highest BCUT2D eigenvalue weighted by Crippen LogP contribution is 2.38. The highest BCUT2D eigenvalue weighted by atomic mass is 35.5. The summed E-state index contributed by atoms with van der Waals surface area (Å²) in [7, 11) is 0. The topological polar surface area (TPSA) is 38.8 Å². The first kappa shape index (κ1) is 18.7. The van der Waals surface area contributed by atoms with Crippen molar-refractivity contribution in [1.82, 2.24) is 4.90 Å². The Morgan fingerprint density at radius 1 is 1.29 bits per heavy atom. The third-order valence-electron chi connectivity index (χ3n) is 3.52. The number of benzene rings is 1. The minimum atomic E-state index is -4.42. The molecule has 2 rings (SSSR count). The maximum Gasteiger partial charge on any atom is 0.406 e. The van der Waals surface area contributed by atoms with Gasteiger partial charge in [-0.1, -0.05) is 24.9 Å². The number of hydrogen-bond acceptors (Lipinski definition) is 3. The molecule has 1 aliphatic heterocycles. The number of rotatable bonds is 6. The molecule has 0 fully saturated rings. The number of alkyl halides is 3. The molecule has 1 aliphatic rings. The van der Waals surface area contributed by atoms with Crippen LogP contribution in [0, 0.1) is 0 Å². The van der Waals surface area contributed by atoms with Crippen LogP contribution in [0.2, 0.25) is 5.02 Å². The largest absolute Gasteiger partial charge is 0.486 e. The summed E-state index contributed by atoms with van der Waals surface area (Å²) in [6, 6.07) is 3.11. The second-order valence-electron chi connectivity index (χ2n) is 5.56. The molecule has 0 saturated carbocycles. The second kappa shape index (κ2) is 7.96. The molecule has 0 saturated heterocycles. The fourth-order valence-electron chi connectivity index (χ4n) is 2.41. The van der Waals surface area contributed by atoms with Gasteiger partial charge in [-0.05, 0) is 24.1 Å². The van der Waals surface area contributed by atoms with Crippen LogP contribution in [-0.4, -0.2) is 43.3 Å². The van der Waals surface area contributed by atoms with Gasteiger partial charge in [-0.2, -0.15) is 13.2 Å². The molecule has 4 nitrogen and oxygen atoms in total. The summed E-state index contributed by atoms with van der Waals surface area (Å²) >= 11 is 6.09. The van der Waals surface area contributed by atoms with E-state index >= 15 is 0 Å². The molecule has 134 valence electrons. The summed E-state index contributed by atoms with van der Waals surface area (Å²) in [4.78, 5) is 13.1. The van der Waals surface area contributed by atoms with Gasteiger partial charge in [0, 0.05) is 6.54 Å². The predicted octanol–water partition coefficient (Wildman–Crippen LogP) is 3.84. The Labute approximate surface area is 143 Å². The molecule has 0 atom stereocenters. The normalized spacial score (nSPS) is 13.7. The summed E-state index contributed by atoms with van der Waals surface area (Å²) in [5, 5.41) is 0.283. The third kappa shape index (κ3) is 5.19. The molecule has 8 heteroatoms. The van der Waals surface area contributed by atoms with Crippen LogP contribution in [0.5, 0.6) is 11.5 Å². The molecular formula is C16H19ClF3NO3. The van der Waals surface area contributed by atoms with Gasteiger partial charge >= 0.3 is 6.18 Å². The van der Waals surface area contributed by atoms with Gasteiger partial charge in [0.1, 0.15) is 19.8 Å². The number of amides is 1. The lowest BCUT2D eigenvalue weighted by molar-refractivity contribution is -0.160. The predicted molar refractivity (Wildman–Crippen MR) is 83.7 cm³/mol. The van der Waals surface area contributed by atoms with Crippen LogP contribution >= 0.6 is 11.6 Å². The third-order valence-corrected chi connectivity index (χ3v) is 3.80. The average Bonchev–Trinajstić information content (AvgIpc) is 2.50. The van der Waals surface area contributed by atoms with Crippen molar-refractivity contribution in [2.75, 3.05) is 26.3 Å². The first-order valence-electron chi connectivity index (χ1n) is 7.72. The maximum absolute atomic E-state index is 12.7. The van der Waals surface area contributed by atoms with Crippen LogP contribution in [0.15, 0.2) is 12.1 Å².